The smallest absolute Gasteiger partial charge is 0.253 e. The second-order valence-electron chi connectivity index (χ2n) is 4.40. The molecule has 1 aliphatic heterocycles. The number of carbonyl (C=O) groups is 1. The first kappa shape index (κ1) is 14.1. The van der Waals surface area contributed by atoms with E-state index in [1.54, 1.807) is 18.2 Å². The second-order valence-corrected chi connectivity index (χ2v) is 4.81. The molecule has 2 unspecified atom stereocenters. The van der Waals surface area contributed by atoms with Gasteiger partial charge in [-0.15, -0.1) is 0 Å². The van der Waals surface area contributed by atoms with E-state index in [9.17, 15) is 4.79 Å². The predicted octanol–water partition coefficient (Wildman–Crippen LogP) is 1.79. The minimum atomic E-state index is -0.435. The average molecular weight is 285 g/mol. The zero-order valence-corrected chi connectivity index (χ0v) is 11.4. The maximum atomic E-state index is 12.0. The van der Waals surface area contributed by atoms with Crippen molar-refractivity contribution in [1.82, 2.24) is 0 Å². The molecule has 1 fully saturated rings. The summed E-state index contributed by atoms with van der Waals surface area (Å²) < 4.78 is 10.6. The number of methoxy groups -OCH3 is 1. The maximum absolute atomic E-state index is 12.0. The van der Waals surface area contributed by atoms with Crippen molar-refractivity contribution in [3.8, 4) is 5.75 Å². The Balaban J connectivity index is 1.99. The Hall–Kier alpha value is -1.30. The van der Waals surface area contributed by atoms with Gasteiger partial charge < -0.3 is 20.5 Å². The molecule has 0 bridgehead atoms. The molecule has 0 radical (unpaired) electrons. The first-order valence-electron chi connectivity index (χ1n) is 6.14. The van der Waals surface area contributed by atoms with Gasteiger partial charge in [0.05, 0.1) is 18.2 Å². The van der Waals surface area contributed by atoms with Crippen molar-refractivity contribution in [2.24, 2.45) is 5.73 Å². The minimum Gasteiger partial charge on any atom is -0.495 e. The molecule has 1 aromatic rings. The van der Waals surface area contributed by atoms with Crippen molar-refractivity contribution >= 4 is 23.2 Å². The summed E-state index contributed by atoms with van der Waals surface area (Å²) in [5.41, 5.74) is 6.15. The highest BCUT2D eigenvalue weighted by molar-refractivity contribution is 6.32. The number of anilines is 1. The summed E-state index contributed by atoms with van der Waals surface area (Å²) in [5.74, 6) is 0.354. The van der Waals surface area contributed by atoms with Crippen molar-refractivity contribution < 1.29 is 14.3 Å². The molecule has 0 saturated carbocycles. The summed E-state index contributed by atoms with van der Waals surface area (Å²) in [6.07, 6.45) is 1.06. The van der Waals surface area contributed by atoms with Gasteiger partial charge in [-0.3, -0.25) is 4.79 Å². The lowest BCUT2D eigenvalue weighted by Gasteiger charge is -2.13. The second kappa shape index (κ2) is 6.23. The maximum Gasteiger partial charge on any atom is 0.253 e. The van der Waals surface area contributed by atoms with E-state index in [0.717, 1.165) is 6.42 Å². The highest BCUT2D eigenvalue weighted by Gasteiger charge is 2.29. The molecule has 1 heterocycles. The molecule has 1 aromatic carbocycles. The van der Waals surface area contributed by atoms with Crippen LogP contribution in [0, 0.1) is 0 Å². The van der Waals surface area contributed by atoms with Gasteiger partial charge in [0.25, 0.3) is 5.91 Å². The lowest BCUT2D eigenvalue weighted by Crippen LogP contribution is -2.29. The van der Waals surface area contributed by atoms with Crippen LogP contribution < -0.4 is 15.8 Å². The normalized spacial score (nSPS) is 22.3. The number of halogens is 1. The largest absolute Gasteiger partial charge is 0.495 e. The molecule has 5 nitrogen and oxygen atoms in total. The molecule has 2 rings (SSSR count). The van der Waals surface area contributed by atoms with E-state index in [4.69, 9.17) is 26.8 Å². The summed E-state index contributed by atoms with van der Waals surface area (Å²) in [5, 5.41) is 3.29. The summed E-state index contributed by atoms with van der Waals surface area (Å²) in [6, 6.07) is 5.07. The number of rotatable bonds is 4. The Morgan fingerprint density at radius 2 is 2.37 bits per heavy atom. The van der Waals surface area contributed by atoms with Crippen LogP contribution in [0.2, 0.25) is 5.02 Å². The fourth-order valence-corrected chi connectivity index (χ4v) is 2.23. The number of amides is 1. The third kappa shape index (κ3) is 3.37. The minimum absolute atomic E-state index is 0.0181. The SMILES string of the molecule is COc1cc(NC(=O)C2CCC(CN)O2)ccc1Cl. The van der Waals surface area contributed by atoms with Crippen LogP contribution >= 0.6 is 11.6 Å². The van der Waals surface area contributed by atoms with Crippen molar-refractivity contribution in [1.29, 1.82) is 0 Å². The Morgan fingerprint density at radius 3 is 3.00 bits per heavy atom. The lowest BCUT2D eigenvalue weighted by molar-refractivity contribution is -0.126. The first-order chi connectivity index (χ1) is 9.13. The van der Waals surface area contributed by atoms with Gasteiger partial charge in [-0.05, 0) is 25.0 Å². The van der Waals surface area contributed by atoms with Crippen molar-refractivity contribution in [2.45, 2.75) is 25.0 Å². The van der Waals surface area contributed by atoms with Crippen LogP contribution in [0.15, 0.2) is 18.2 Å². The number of nitrogens with one attached hydrogen (secondary N) is 1. The fraction of sp³-hybridized carbons (Fsp3) is 0.462. The summed E-state index contributed by atoms with van der Waals surface area (Å²) >= 11 is 5.92. The molecule has 104 valence electrons. The molecule has 19 heavy (non-hydrogen) atoms. The van der Waals surface area contributed by atoms with Crippen LogP contribution in [-0.2, 0) is 9.53 Å². The molecule has 0 aromatic heterocycles. The molecular formula is C13H17ClN2O3. The highest BCUT2D eigenvalue weighted by atomic mass is 35.5. The van der Waals surface area contributed by atoms with Crippen LogP contribution in [0.4, 0.5) is 5.69 Å². The number of benzene rings is 1. The third-order valence-corrected chi connectivity index (χ3v) is 3.39. The highest BCUT2D eigenvalue weighted by Crippen LogP contribution is 2.28. The Labute approximate surface area is 117 Å². The van der Waals surface area contributed by atoms with Gasteiger partial charge in [-0.1, -0.05) is 11.6 Å². The van der Waals surface area contributed by atoms with E-state index < -0.39 is 6.10 Å². The van der Waals surface area contributed by atoms with Crippen molar-refractivity contribution in [3.05, 3.63) is 23.2 Å². The molecular weight excluding hydrogens is 268 g/mol. The first-order valence-corrected chi connectivity index (χ1v) is 6.51. The van der Waals surface area contributed by atoms with Gasteiger partial charge in [0.15, 0.2) is 0 Å². The van der Waals surface area contributed by atoms with Crippen LogP contribution in [0.5, 0.6) is 5.75 Å². The number of hydrogen-bond acceptors (Lipinski definition) is 4. The summed E-state index contributed by atoms with van der Waals surface area (Å²) in [4.78, 5) is 12.0. The van der Waals surface area contributed by atoms with Crippen LogP contribution in [0.25, 0.3) is 0 Å². The average Bonchev–Trinajstić information content (AvgIpc) is 2.90. The van der Waals surface area contributed by atoms with E-state index in [2.05, 4.69) is 5.32 Å². The van der Waals surface area contributed by atoms with Gasteiger partial charge >= 0.3 is 0 Å². The van der Waals surface area contributed by atoms with Crippen LogP contribution in [0.1, 0.15) is 12.8 Å². The molecule has 3 N–H and O–H groups in total. The number of hydrogen-bond donors (Lipinski definition) is 2. The van der Waals surface area contributed by atoms with Gasteiger partial charge in [-0.25, -0.2) is 0 Å². The summed E-state index contributed by atoms with van der Waals surface area (Å²) in [7, 11) is 1.53. The van der Waals surface area contributed by atoms with Gasteiger partial charge in [0, 0.05) is 18.3 Å². The van der Waals surface area contributed by atoms with E-state index in [1.165, 1.54) is 7.11 Å². The van der Waals surface area contributed by atoms with E-state index >= 15 is 0 Å². The third-order valence-electron chi connectivity index (χ3n) is 3.08. The molecule has 2 atom stereocenters. The molecule has 6 heteroatoms. The molecule has 0 aliphatic carbocycles. The van der Waals surface area contributed by atoms with Crippen LogP contribution in [0.3, 0.4) is 0 Å². The topological polar surface area (TPSA) is 73.6 Å². The standard InChI is InChI=1S/C13H17ClN2O3/c1-18-12-6-8(2-4-10(12)14)16-13(17)11-5-3-9(7-15)19-11/h2,4,6,9,11H,3,5,7,15H2,1H3,(H,16,17). The molecule has 0 spiro atoms. The zero-order valence-electron chi connectivity index (χ0n) is 10.7. The van der Waals surface area contributed by atoms with Gasteiger partial charge in [0.2, 0.25) is 0 Å². The fourth-order valence-electron chi connectivity index (χ4n) is 2.03. The lowest BCUT2D eigenvalue weighted by atomic mass is 10.2. The van der Waals surface area contributed by atoms with Gasteiger partial charge in [-0.2, -0.15) is 0 Å². The molecule has 1 aliphatic rings. The monoisotopic (exact) mass is 284 g/mol. The number of ether oxygens (including phenoxy) is 2. The van der Waals surface area contributed by atoms with Crippen molar-refractivity contribution in [2.75, 3.05) is 19.0 Å². The van der Waals surface area contributed by atoms with E-state index in [0.29, 0.717) is 29.4 Å². The van der Waals surface area contributed by atoms with E-state index in [1.807, 2.05) is 0 Å². The van der Waals surface area contributed by atoms with Gasteiger partial charge in [0.1, 0.15) is 11.9 Å². The summed E-state index contributed by atoms with van der Waals surface area (Å²) in [6.45, 7) is 0.443. The quantitative estimate of drug-likeness (QED) is 0.884. The van der Waals surface area contributed by atoms with E-state index in [-0.39, 0.29) is 12.0 Å². The number of nitrogens with two attached hydrogens (primary N) is 1. The Morgan fingerprint density at radius 1 is 1.58 bits per heavy atom. The predicted molar refractivity (Wildman–Crippen MR) is 73.6 cm³/mol. The Kier molecular flexibility index (Phi) is 4.63. The molecule has 1 saturated heterocycles. The Bertz CT molecular complexity index is 467. The zero-order chi connectivity index (χ0) is 13.8. The number of carbonyl (C=O) groups excluding carboxylic acids is 1. The molecule has 1 amide bonds. The van der Waals surface area contributed by atoms with Crippen LogP contribution in [-0.4, -0.2) is 31.8 Å². The van der Waals surface area contributed by atoms with Crippen molar-refractivity contribution in [3.63, 3.8) is 0 Å².